The van der Waals surface area contributed by atoms with Crippen molar-refractivity contribution in [1.29, 1.82) is 0 Å². The number of ketones is 1. The van der Waals surface area contributed by atoms with Gasteiger partial charge in [-0.15, -0.1) is 0 Å². The molecule has 0 aromatic heterocycles. The van der Waals surface area contributed by atoms with Crippen LogP contribution >= 0.6 is 0 Å². The highest BCUT2D eigenvalue weighted by Crippen LogP contribution is 2.47. The molecule has 0 N–H and O–H groups in total. The number of fused-ring (bicyclic) bond motifs is 1. The van der Waals surface area contributed by atoms with Gasteiger partial charge in [0.15, 0.2) is 5.78 Å². The van der Waals surface area contributed by atoms with Crippen LogP contribution in [0.2, 0.25) is 0 Å². The molecule has 122 valence electrons. The van der Waals surface area contributed by atoms with Gasteiger partial charge in [0, 0.05) is 24.9 Å². The lowest BCUT2D eigenvalue weighted by Crippen LogP contribution is -2.43. The Kier molecular flexibility index (Phi) is 3.26. The predicted molar refractivity (Wildman–Crippen MR) is 86.5 cm³/mol. The zero-order valence-electron chi connectivity index (χ0n) is 13.6. The lowest BCUT2D eigenvalue weighted by molar-refractivity contribution is -0.136. The summed E-state index contributed by atoms with van der Waals surface area (Å²) in [5.74, 6) is 1.16. The minimum Gasteiger partial charge on any atom is -0.486 e. The number of nitrogens with zero attached hydrogens (tertiary/aromatic N) is 1. The molecule has 0 bridgehead atoms. The van der Waals surface area contributed by atoms with Crippen molar-refractivity contribution in [3.05, 3.63) is 29.8 Å². The summed E-state index contributed by atoms with van der Waals surface area (Å²) >= 11 is 0. The molecule has 4 heteroatoms. The summed E-state index contributed by atoms with van der Waals surface area (Å²) in [5, 5.41) is 0. The average molecular weight is 313 g/mol. The van der Waals surface area contributed by atoms with E-state index in [9.17, 15) is 9.59 Å². The van der Waals surface area contributed by atoms with Gasteiger partial charge >= 0.3 is 0 Å². The van der Waals surface area contributed by atoms with Gasteiger partial charge in [-0.25, -0.2) is 0 Å². The molecule has 2 fully saturated rings. The number of hydrogen-bond acceptors (Lipinski definition) is 3. The number of amides is 1. The van der Waals surface area contributed by atoms with Gasteiger partial charge in [0.1, 0.15) is 11.4 Å². The van der Waals surface area contributed by atoms with Crippen LogP contribution in [0.4, 0.5) is 0 Å². The zero-order chi connectivity index (χ0) is 16.1. The first-order valence-electron chi connectivity index (χ1n) is 8.62. The molecule has 1 aromatic carbocycles. The van der Waals surface area contributed by atoms with Crippen LogP contribution in [0.1, 0.15) is 55.8 Å². The fourth-order valence-corrected chi connectivity index (χ4v) is 3.88. The maximum absolute atomic E-state index is 12.6. The van der Waals surface area contributed by atoms with Crippen molar-refractivity contribution in [2.75, 3.05) is 13.1 Å². The fourth-order valence-electron chi connectivity index (χ4n) is 3.88. The molecule has 1 amide bonds. The van der Waals surface area contributed by atoms with Crippen LogP contribution < -0.4 is 4.74 Å². The quantitative estimate of drug-likeness (QED) is 0.800. The van der Waals surface area contributed by atoms with Crippen LogP contribution in [-0.2, 0) is 4.79 Å². The maximum atomic E-state index is 12.6. The predicted octanol–water partition coefficient (Wildman–Crippen LogP) is 3.20. The van der Waals surface area contributed by atoms with E-state index < -0.39 is 5.60 Å². The molecule has 1 saturated heterocycles. The second-order valence-corrected chi connectivity index (χ2v) is 7.59. The molecule has 1 saturated carbocycles. The molecule has 3 aliphatic rings. The number of benzene rings is 1. The van der Waals surface area contributed by atoms with Crippen LogP contribution in [0.3, 0.4) is 0 Å². The van der Waals surface area contributed by atoms with E-state index in [1.54, 1.807) is 0 Å². The Balaban J connectivity index is 1.53. The van der Waals surface area contributed by atoms with E-state index in [1.807, 2.05) is 29.2 Å². The SMILES string of the molecule is CC1(C(=O)N2CCCC3(CC2)CC(=O)c2ccccc2O3)CC1. The second kappa shape index (κ2) is 5.08. The molecule has 1 atom stereocenters. The van der Waals surface area contributed by atoms with Crippen LogP contribution in [0.25, 0.3) is 0 Å². The van der Waals surface area contributed by atoms with Gasteiger partial charge in [0.05, 0.1) is 12.0 Å². The van der Waals surface area contributed by atoms with E-state index in [-0.39, 0.29) is 17.1 Å². The van der Waals surface area contributed by atoms with Gasteiger partial charge in [0.25, 0.3) is 0 Å². The van der Waals surface area contributed by atoms with Crippen LogP contribution in [-0.4, -0.2) is 35.3 Å². The molecule has 1 aliphatic carbocycles. The van der Waals surface area contributed by atoms with E-state index >= 15 is 0 Å². The normalized spacial score (nSPS) is 28.7. The molecule has 0 radical (unpaired) electrons. The largest absolute Gasteiger partial charge is 0.486 e. The Morgan fingerprint density at radius 3 is 2.70 bits per heavy atom. The standard InChI is InChI=1S/C19H23NO3/c1-18(8-9-18)17(22)20-11-4-7-19(10-12-20)13-15(21)14-5-2-3-6-16(14)23-19/h2-3,5-6H,4,7-13H2,1H3. The molecule has 1 aromatic rings. The highest BCUT2D eigenvalue weighted by molar-refractivity contribution is 6.00. The number of likely N-dealkylation sites (tertiary alicyclic amines) is 1. The monoisotopic (exact) mass is 313 g/mol. The third-order valence-corrected chi connectivity index (χ3v) is 5.70. The number of carbonyl (C=O) groups excluding carboxylic acids is 2. The van der Waals surface area contributed by atoms with Crippen molar-refractivity contribution in [2.24, 2.45) is 5.41 Å². The van der Waals surface area contributed by atoms with E-state index in [4.69, 9.17) is 4.74 Å². The summed E-state index contributed by atoms with van der Waals surface area (Å²) in [7, 11) is 0. The first-order valence-corrected chi connectivity index (χ1v) is 8.62. The summed E-state index contributed by atoms with van der Waals surface area (Å²) in [4.78, 5) is 27.1. The van der Waals surface area contributed by atoms with Gasteiger partial charge in [0.2, 0.25) is 5.91 Å². The number of Topliss-reactive ketones (excluding diaryl/α,β-unsaturated/α-hetero) is 1. The van der Waals surface area contributed by atoms with Crippen molar-refractivity contribution >= 4 is 11.7 Å². The molecule has 23 heavy (non-hydrogen) atoms. The first kappa shape index (κ1) is 14.7. The molecule has 1 spiro atoms. The third kappa shape index (κ3) is 2.54. The Morgan fingerprint density at radius 1 is 1.13 bits per heavy atom. The summed E-state index contributed by atoms with van der Waals surface area (Å²) in [6, 6.07) is 7.51. The van der Waals surface area contributed by atoms with E-state index in [1.165, 1.54) is 0 Å². The maximum Gasteiger partial charge on any atom is 0.228 e. The third-order valence-electron chi connectivity index (χ3n) is 5.70. The van der Waals surface area contributed by atoms with E-state index in [0.29, 0.717) is 24.3 Å². The smallest absolute Gasteiger partial charge is 0.228 e. The molecule has 2 aliphatic heterocycles. The van der Waals surface area contributed by atoms with Crippen molar-refractivity contribution in [3.63, 3.8) is 0 Å². The first-order chi connectivity index (χ1) is 11.0. The Hall–Kier alpha value is -1.84. The Morgan fingerprint density at radius 2 is 1.91 bits per heavy atom. The lowest BCUT2D eigenvalue weighted by Gasteiger charge is -2.37. The summed E-state index contributed by atoms with van der Waals surface area (Å²) < 4.78 is 6.28. The van der Waals surface area contributed by atoms with Gasteiger partial charge < -0.3 is 9.64 Å². The molecule has 1 unspecified atom stereocenters. The van der Waals surface area contributed by atoms with Gasteiger partial charge in [-0.1, -0.05) is 19.1 Å². The fraction of sp³-hybridized carbons (Fsp3) is 0.579. The summed E-state index contributed by atoms with van der Waals surface area (Å²) in [6.45, 7) is 3.55. The molecular formula is C19H23NO3. The zero-order valence-corrected chi connectivity index (χ0v) is 13.6. The molecular weight excluding hydrogens is 290 g/mol. The van der Waals surface area contributed by atoms with Crippen LogP contribution in [0.5, 0.6) is 5.75 Å². The minimum atomic E-state index is -0.426. The molecule has 4 rings (SSSR count). The highest BCUT2D eigenvalue weighted by atomic mass is 16.5. The van der Waals surface area contributed by atoms with Crippen LogP contribution in [0, 0.1) is 5.41 Å². The number of ether oxygens (including phenoxy) is 1. The van der Waals surface area contributed by atoms with Crippen molar-refractivity contribution < 1.29 is 14.3 Å². The number of para-hydroxylation sites is 1. The lowest BCUT2D eigenvalue weighted by atomic mass is 9.84. The molecule has 2 heterocycles. The topological polar surface area (TPSA) is 46.6 Å². The Bertz CT molecular complexity index is 664. The van der Waals surface area contributed by atoms with E-state index in [2.05, 4.69) is 6.92 Å². The summed E-state index contributed by atoms with van der Waals surface area (Å²) in [6.07, 6.45) is 4.94. The van der Waals surface area contributed by atoms with Gasteiger partial charge in [-0.2, -0.15) is 0 Å². The van der Waals surface area contributed by atoms with Crippen molar-refractivity contribution in [1.82, 2.24) is 4.90 Å². The van der Waals surface area contributed by atoms with E-state index in [0.717, 1.165) is 38.6 Å². The van der Waals surface area contributed by atoms with Crippen molar-refractivity contribution in [2.45, 2.75) is 51.0 Å². The minimum absolute atomic E-state index is 0.118. The van der Waals surface area contributed by atoms with Crippen LogP contribution in [0.15, 0.2) is 24.3 Å². The summed E-state index contributed by atoms with van der Waals surface area (Å²) in [5.41, 5.74) is 0.152. The van der Waals surface area contributed by atoms with Crippen molar-refractivity contribution in [3.8, 4) is 5.75 Å². The van der Waals surface area contributed by atoms with Gasteiger partial charge in [-0.05, 0) is 37.8 Å². The highest BCUT2D eigenvalue weighted by Gasteiger charge is 2.48. The molecule has 4 nitrogen and oxygen atoms in total. The average Bonchev–Trinajstić information content (AvgIpc) is 3.31. The number of hydrogen-bond donors (Lipinski definition) is 0. The number of rotatable bonds is 1. The second-order valence-electron chi connectivity index (χ2n) is 7.59. The Labute approximate surface area is 136 Å². The van der Waals surface area contributed by atoms with Gasteiger partial charge in [-0.3, -0.25) is 9.59 Å². The number of carbonyl (C=O) groups is 2.